The summed E-state index contributed by atoms with van der Waals surface area (Å²) in [6.07, 6.45) is 5.02. The molecule has 12 heavy (non-hydrogen) atoms. The molecule has 2 heteroatoms. The number of ketones is 1. The molecule has 0 saturated heterocycles. The number of Topliss-reactive ketones (excluding diaryl/α,β-unsaturated/α-hetero) is 1. The van der Waals surface area contributed by atoms with E-state index in [0.717, 1.165) is 9.13 Å². The fourth-order valence-corrected chi connectivity index (χ4v) is 1.51. The van der Waals surface area contributed by atoms with Crippen LogP contribution in [0, 0.1) is 22.8 Å². The number of terminal acetylenes is 1. The van der Waals surface area contributed by atoms with Crippen molar-refractivity contribution in [1.29, 1.82) is 0 Å². The molecule has 0 bridgehead atoms. The summed E-state index contributed by atoms with van der Waals surface area (Å²) in [5.41, 5.74) is 1.70. The Morgan fingerprint density at radius 3 is 2.83 bits per heavy atom. The molecule has 1 rings (SSSR count). The largest absolute Gasteiger partial charge is 0.279 e. The smallest absolute Gasteiger partial charge is 0.236 e. The van der Waals surface area contributed by atoms with Crippen molar-refractivity contribution in [3.8, 4) is 12.3 Å². The van der Waals surface area contributed by atoms with Crippen LogP contribution in [0.2, 0.25) is 0 Å². The number of carbonyl (C=O) groups excluding carboxylic acids is 1. The van der Waals surface area contributed by atoms with E-state index in [2.05, 4.69) is 28.5 Å². The number of halogens is 1. The predicted molar refractivity (Wildman–Crippen MR) is 57.1 cm³/mol. The molecule has 0 aromatic heterocycles. The molecule has 0 saturated carbocycles. The second kappa shape index (κ2) is 3.72. The number of benzene rings is 1. The van der Waals surface area contributed by atoms with E-state index in [1.807, 2.05) is 19.1 Å². The van der Waals surface area contributed by atoms with Crippen molar-refractivity contribution in [3.63, 3.8) is 0 Å². The number of rotatable bonds is 1. The van der Waals surface area contributed by atoms with Gasteiger partial charge in [-0.2, -0.15) is 0 Å². The quantitative estimate of drug-likeness (QED) is 0.331. The molecule has 1 aromatic rings. The SMILES string of the molecule is C#CC(=O)c1cccc(C)c1I. The molecular weight excluding hydrogens is 263 g/mol. The van der Waals surface area contributed by atoms with Gasteiger partial charge < -0.3 is 0 Å². The molecule has 1 aromatic carbocycles. The topological polar surface area (TPSA) is 17.1 Å². The maximum absolute atomic E-state index is 11.1. The highest BCUT2D eigenvalue weighted by molar-refractivity contribution is 14.1. The highest BCUT2D eigenvalue weighted by Gasteiger charge is 2.07. The zero-order chi connectivity index (χ0) is 9.14. The zero-order valence-electron chi connectivity index (χ0n) is 6.60. The minimum absolute atomic E-state index is 0.247. The van der Waals surface area contributed by atoms with E-state index in [1.165, 1.54) is 0 Å². The van der Waals surface area contributed by atoms with E-state index in [-0.39, 0.29) is 5.78 Å². The van der Waals surface area contributed by atoms with Gasteiger partial charge in [-0.05, 0) is 47.1 Å². The van der Waals surface area contributed by atoms with E-state index in [0.29, 0.717) is 5.56 Å². The highest BCUT2D eigenvalue weighted by atomic mass is 127. The first-order valence-corrected chi connectivity index (χ1v) is 4.50. The summed E-state index contributed by atoms with van der Waals surface area (Å²) in [6.45, 7) is 1.95. The third-order valence-corrected chi connectivity index (χ3v) is 3.00. The summed E-state index contributed by atoms with van der Waals surface area (Å²) in [5, 5.41) is 0. The highest BCUT2D eigenvalue weighted by Crippen LogP contribution is 2.16. The molecule has 0 atom stereocenters. The monoisotopic (exact) mass is 270 g/mol. The Bertz CT molecular complexity index is 361. The molecule has 0 aliphatic heterocycles. The molecule has 0 radical (unpaired) electrons. The molecule has 0 aliphatic rings. The van der Waals surface area contributed by atoms with Crippen LogP contribution in [0.25, 0.3) is 0 Å². The summed E-state index contributed by atoms with van der Waals surface area (Å²) in [7, 11) is 0. The van der Waals surface area contributed by atoms with E-state index in [1.54, 1.807) is 6.07 Å². The van der Waals surface area contributed by atoms with Crippen LogP contribution in [0.5, 0.6) is 0 Å². The Balaban J connectivity index is 3.28. The third-order valence-electron chi connectivity index (χ3n) is 1.57. The summed E-state index contributed by atoms with van der Waals surface area (Å²) >= 11 is 2.13. The zero-order valence-corrected chi connectivity index (χ0v) is 8.75. The lowest BCUT2D eigenvalue weighted by atomic mass is 10.1. The van der Waals surface area contributed by atoms with Gasteiger partial charge in [0.15, 0.2) is 0 Å². The van der Waals surface area contributed by atoms with Crippen LogP contribution in [0.4, 0.5) is 0 Å². The van der Waals surface area contributed by atoms with Crippen LogP contribution in [0.1, 0.15) is 15.9 Å². The third kappa shape index (κ3) is 1.67. The molecule has 0 fully saturated rings. The van der Waals surface area contributed by atoms with Gasteiger partial charge in [-0.25, -0.2) is 0 Å². The summed E-state index contributed by atoms with van der Waals surface area (Å²) < 4.78 is 0.943. The molecular formula is C10H7IO. The second-order valence-corrected chi connectivity index (χ2v) is 3.49. The van der Waals surface area contributed by atoms with Gasteiger partial charge in [-0.1, -0.05) is 12.1 Å². The van der Waals surface area contributed by atoms with Crippen molar-refractivity contribution in [2.45, 2.75) is 6.92 Å². The molecule has 0 spiro atoms. The molecule has 1 nitrogen and oxygen atoms in total. The average molecular weight is 270 g/mol. The van der Waals surface area contributed by atoms with E-state index in [4.69, 9.17) is 6.42 Å². The van der Waals surface area contributed by atoms with Crippen LogP contribution in [0.15, 0.2) is 18.2 Å². The van der Waals surface area contributed by atoms with E-state index >= 15 is 0 Å². The van der Waals surface area contributed by atoms with Gasteiger partial charge >= 0.3 is 0 Å². The van der Waals surface area contributed by atoms with Crippen molar-refractivity contribution >= 4 is 28.4 Å². The number of carbonyl (C=O) groups is 1. The lowest BCUT2D eigenvalue weighted by Crippen LogP contribution is -1.99. The van der Waals surface area contributed by atoms with Gasteiger partial charge in [0, 0.05) is 9.13 Å². The first-order chi connectivity index (χ1) is 5.66. The van der Waals surface area contributed by atoms with Crippen molar-refractivity contribution in [1.82, 2.24) is 0 Å². The average Bonchev–Trinajstić information content (AvgIpc) is 2.08. The minimum atomic E-state index is -0.247. The Morgan fingerprint density at radius 1 is 1.58 bits per heavy atom. The molecule has 0 heterocycles. The summed E-state index contributed by atoms with van der Waals surface area (Å²) in [4.78, 5) is 11.1. The molecule has 60 valence electrons. The first-order valence-electron chi connectivity index (χ1n) is 3.43. The van der Waals surface area contributed by atoms with Crippen LogP contribution < -0.4 is 0 Å². The van der Waals surface area contributed by atoms with Crippen molar-refractivity contribution in [3.05, 3.63) is 32.9 Å². The second-order valence-electron chi connectivity index (χ2n) is 2.41. The van der Waals surface area contributed by atoms with Gasteiger partial charge in [-0.15, -0.1) is 6.42 Å². The van der Waals surface area contributed by atoms with Gasteiger partial charge in [0.05, 0.1) is 0 Å². The lowest BCUT2D eigenvalue weighted by Gasteiger charge is -2.01. The maximum Gasteiger partial charge on any atom is 0.236 e. The number of aryl methyl sites for hydroxylation is 1. The number of hydrogen-bond acceptors (Lipinski definition) is 1. The minimum Gasteiger partial charge on any atom is -0.279 e. The standard InChI is InChI=1S/C10H7IO/c1-3-9(12)8-6-4-5-7(2)10(8)11/h1,4-6H,2H3. The van der Waals surface area contributed by atoms with E-state index < -0.39 is 0 Å². The maximum atomic E-state index is 11.1. The van der Waals surface area contributed by atoms with Gasteiger partial charge in [-0.3, -0.25) is 4.79 Å². The van der Waals surface area contributed by atoms with Gasteiger partial charge in [0.1, 0.15) is 0 Å². The van der Waals surface area contributed by atoms with Crippen molar-refractivity contribution in [2.75, 3.05) is 0 Å². The molecule has 0 aliphatic carbocycles. The summed E-state index contributed by atoms with van der Waals surface area (Å²) in [6, 6.07) is 5.54. The Hall–Kier alpha value is -0.820. The predicted octanol–water partition coefficient (Wildman–Crippen LogP) is 2.42. The summed E-state index contributed by atoms with van der Waals surface area (Å²) in [5.74, 6) is 1.86. The molecule has 0 amide bonds. The van der Waals surface area contributed by atoms with Crippen LogP contribution >= 0.6 is 22.6 Å². The number of hydrogen-bond donors (Lipinski definition) is 0. The lowest BCUT2D eigenvalue weighted by molar-refractivity contribution is 0.105. The molecule has 0 N–H and O–H groups in total. The van der Waals surface area contributed by atoms with Crippen molar-refractivity contribution in [2.24, 2.45) is 0 Å². The Kier molecular flexibility index (Phi) is 2.88. The van der Waals surface area contributed by atoms with Gasteiger partial charge in [0.25, 0.3) is 0 Å². The Labute approximate surface area is 85.3 Å². The normalized spacial score (nSPS) is 9.08. The van der Waals surface area contributed by atoms with Crippen LogP contribution in [0.3, 0.4) is 0 Å². The fourth-order valence-electron chi connectivity index (χ4n) is 0.901. The van der Waals surface area contributed by atoms with E-state index in [9.17, 15) is 4.79 Å². The Morgan fingerprint density at radius 2 is 2.25 bits per heavy atom. The van der Waals surface area contributed by atoms with Crippen molar-refractivity contribution < 1.29 is 4.79 Å². The molecule has 0 unspecified atom stereocenters. The van der Waals surface area contributed by atoms with Gasteiger partial charge in [0.2, 0.25) is 5.78 Å². The van der Waals surface area contributed by atoms with Crippen LogP contribution in [-0.2, 0) is 0 Å². The first kappa shape index (κ1) is 9.27. The van der Waals surface area contributed by atoms with Crippen LogP contribution in [-0.4, -0.2) is 5.78 Å². The fraction of sp³-hybridized carbons (Fsp3) is 0.100.